The number of hydrogen-bond donors (Lipinski definition) is 4. The molecule has 0 spiro atoms. The van der Waals surface area contributed by atoms with Gasteiger partial charge < -0.3 is 20.1 Å². The van der Waals surface area contributed by atoms with Crippen molar-refractivity contribution in [1.82, 2.24) is 9.71 Å². The van der Waals surface area contributed by atoms with Crippen LogP contribution >= 0.6 is 0 Å². The molecule has 25 heavy (non-hydrogen) atoms. The molecule has 0 aliphatic carbocycles. The summed E-state index contributed by atoms with van der Waals surface area (Å²) in [5.41, 5.74) is 0.259. The Balaban J connectivity index is 2.14. The van der Waals surface area contributed by atoms with Crippen molar-refractivity contribution in [3.63, 3.8) is 0 Å². The number of rotatable bonds is 6. The number of esters is 1. The van der Waals surface area contributed by atoms with Gasteiger partial charge in [0.05, 0.1) is 35.4 Å². The Morgan fingerprint density at radius 3 is 2.56 bits per heavy atom. The van der Waals surface area contributed by atoms with Crippen LogP contribution in [0.25, 0.3) is 0 Å². The molecular weight excluding hydrogens is 352 g/mol. The summed E-state index contributed by atoms with van der Waals surface area (Å²) in [4.78, 5) is 15.0. The molecule has 2 aromatic rings. The van der Waals surface area contributed by atoms with Crippen LogP contribution in [-0.2, 0) is 21.3 Å². The molecule has 1 aromatic heterocycles. The normalized spacial score (nSPS) is 11.5. The molecule has 1 heterocycles. The van der Waals surface area contributed by atoms with Crippen molar-refractivity contribution in [3.8, 4) is 5.75 Å². The summed E-state index contributed by atoms with van der Waals surface area (Å²) >= 11 is 0. The Morgan fingerprint density at radius 1 is 1.28 bits per heavy atom. The standard InChI is InChI=1S/C15H16N2O7S/c1-24-15(21)9-2-3-10(16-7-9)8-17-25(22,23)11-4-5-13(18)12(6-11)14(19)20/h2-7,14,17-20H,8H2,1H3. The highest BCUT2D eigenvalue weighted by Crippen LogP contribution is 2.25. The maximum absolute atomic E-state index is 12.3. The Labute approximate surface area is 143 Å². The second kappa shape index (κ2) is 7.57. The smallest absolute Gasteiger partial charge is 0.339 e. The molecule has 0 amide bonds. The van der Waals surface area contributed by atoms with E-state index in [1.807, 2.05) is 0 Å². The summed E-state index contributed by atoms with van der Waals surface area (Å²) in [7, 11) is -2.74. The second-order valence-corrected chi connectivity index (χ2v) is 6.72. The van der Waals surface area contributed by atoms with E-state index in [0.717, 1.165) is 18.2 Å². The highest BCUT2D eigenvalue weighted by atomic mass is 32.2. The van der Waals surface area contributed by atoms with Gasteiger partial charge in [0.15, 0.2) is 6.29 Å². The van der Waals surface area contributed by atoms with E-state index in [1.165, 1.54) is 25.4 Å². The quantitative estimate of drug-likeness (QED) is 0.413. The third-order valence-corrected chi connectivity index (χ3v) is 4.68. The first-order valence-corrected chi connectivity index (χ1v) is 8.45. The minimum absolute atomic E-state index is 0.151. The van der Waals surface area contributed by atoms with Gasteiger partial charge in [0, 0.05) is 6.20 Å². The number of nitrogens with one attached hydrogen (secondary N) is 1. The summed E-state index contributed by atoms with van der Waals surface area (Å²) < 4.78 is 31.3. The van der Waals surface area contributed by atoms with Crippen LogP contribution < -0.4 is 4.72 Å². The van der Waals surface area contributed by atoms with Crippen LogP contribution in [0, 0.1) is 0 Å². The van der Waals surface area contributed by atoms with E-state index in [4.69, 9.17) is 10.2 Å². The largest absolute Gasteiger partial charge is 0.507 e. The number of aliphatic hydroxyl groups excluding tert-OH is 1. The van der Waals surface area contributed by atoms with E-state index in [2.05, 4.69) is 14.4 Å². The Bertz CT molecular complexity index is 864. The van der Waals surface area contributed by atoms with Gasteiger partial charge in [-0.25, -0.2) is 17.9 Å². The molecule has 2 rings (SSSR count). The van der Waals surface area contributed by atoms with Crippen molar-refractivity contribution >= 4 is 16.0 Å². The molecule has 0 radical (unpaired) electrons. The fraction of sp³-hybridized carbons (Fsp3) is 0.200. The van der Waals surface area contributed by atoms with Gasteiger partial charge in [-0.2, -0.15) is 0 Å². The number of hydrogen-bond acceptors (Lipinski definition) is 8. The highest BCUT2D eigenvalue weighted by Gasteiger charge is 2.18. The number of carbonyl (C=O) groups excluding carboxylic acids is 1. The Hall–Kier alpha value is -2.53. The second-order valence-electron chi connectivity index (χ2n) is 4.95. The molecule has 0 fully saturated rings. The Morgan fingerprint density at radius 2 is 2.00 bits per heavy atom. The van der Waals surface area contributed by atoms with Crippen LogP contribution in [0.15, 0.2) is 41.4 Å². The fourth-order valence-electron chi connectivity index (χ4n) is 1.93. The van der Waals surface area contributed by atoms with E-state index < -0.39 is 28.0 Å². The lowest BCUT2D eigenvalue weighted by molar-refractivity contribution is -0.0440. The molecule has 0 atom stereocenters. The van der Waals surface area contributed by atoms with Crippen LogP contribution in [0.1, 0.15) is 27.9 Å². The maximum atomic E-state index is 12.3. The number of aromatic nitrogens is 1. The SMILES string of the molecule is COC(=O)c1ccc(CNS(=O)(=O)c2ccc(O)c(C(O)O)c2)nc1. The van der Waals surface area contributed by atoms with E-state index in [1.54, 1.807) is 0 Å². The van der Waals surface area contributed by atoms with E-state index in [0.29, 0.717) is 5.69 Å². The number of phenols is 1. The summed E-state index contributed by atoms with van der Waals surface area (Å²) in [6.07, 6.45) is -0.751. The number of aliphatic hydroxyl groups is 2. The van der Waals surface area contributed by atoms with E-state index in [-0.39, 0.29) is 22.6 Å². The van der Waals surface area contributed by atoms with Gasteiger partial charge in [0.25, 0.3) is 0 Å². The van der Waals surface area contributed by atoms with Crippen LogP contribution in [0.3, 0.4) is 0 Å². The minimum atomic E-state index is -3.98. The van der Waals surface area contributed by atoms with Gasteiger partial charge in [0.1, 0.15) is 5.75 Å². The lowest BCUT2D eigenvalue weighted by atomic mass is 10.2. The number of aromatic hydroxyl groups is 1. The van der Waals surface area contributed by atoms with Gasteiger partial charge in [-0.3, -0.25) is 4.98 Å². The molecular formula is C15H16N2O7S. The van der Waals surface area contributed by atoms with Gasteiger partial charge in [-0.1, -0.05) is 0 Å². The third kappa shape index (κ3) is 4.51. The Kier molecular flexibility index (Phi) is 5.69. The molecule has 0 unspecified atom stereocenters. The molecule has 9 nitrogen and oxygen atoms in total. The molecule has 0 aliphatic rings. The minimum Gasteiger partial charge on any atom is -0.507 e. The predicted octanol–water partition coefficient (Wildman–Crippen LogP) is 0.0355. The van der Waals surface area contributed by atoms with Crippen molar-refractivity contribution in [1.29, 1.82) is 0 Å². The van der Waals surface area contributed by atoms with Gasteiger partial charge >= 0.3 is 5.97 Å². The van der Waals surface area contributed by atoms with Gasteiger partial charge in [0.2, 0.25) is 10.0 Å². The van der Waals surface area contributed by atoms with E-state index >= 15 is 0 Å². The van der Waals surface area contributed by atoms with Crippen molar-refractivity contribution in [3.05, 3.63) is 53.3 Å². The zero-order valence-electron chi connectivity index (χ0n) is 13.1. The number of sulfonamides is 1. The maximum Gasteiger partial charge on any atom is 0.339 e. The highest BCUT2D eigenvalue weighted by molar-refractivity contribution is 7.89. The molecule has 4 N–H and O–H groups in total. The van der Waals surface area contributed by atoms with Crippen molar-refractivity contribution in [2.75, 3.05) is 7.11 Å². The monoisotopic (exact) mass is 368 g/mol. The van der Waals surface area contributed by atoms with Gasteiger partial charge in [-0.05, 0) is 30.3 Å². The molecule has 0 saturated carbocycles. The lowest BCUT2D eigenvalue weighted by Crippen LogP contribution is -2.24. The number of ether oxygens (including phenoxy) is 1. The summed E-state index contributed by atoms with van der Waals surface area (Å²) in [6, 6.07) is 6.04. The van der Waals surface area contributed by atoms with Crippen molar-refractivity contribution < 1.29 is 33.3 Å². The average Bonchev–Trinajstić information content (AvgIpc) is 2.59. The lowest BCUT2D eigenvalue weighted by Gasteiger charge is -2.11. The van der Waals surface area contributed by atoms with Crippen LogP contribution in [-0.4, -0.2) is 41.8 Å². The first-order valence-electron chi connectivity index (χ1n) is 6.96. The van der Waals surface area contributed by atoms with E-state index in [9.17, 15) is 18.3 Å². The first kappa shape index (κ1) is 18.8. The number of methoxy groups -OCH3 is 1. The molecule has 134 valence electrons. The molecule has 10 heteroatoms. The van der Waals surface area contributed by atoms with Gasteiger partial charge in [-0.15, -0.1) is 0 Å². The third-order valence-electron chi connectivity index (χ3n) is 3.28. The topological polar surface area (TPSA) is 146 Å². The fourth-order valence-corrected chi connectivity index (χ4v) is 2.96. The number of carbonyl (C=O) groups is 1. The van der Waals surface area contributed by atoms with Crippen LogP contribution in [0.2, 0.25) is 0 Å². The van der Waals surface area contributed by atoms with Crippen molar-refractivity contribution in [2.24, 2.45) is 0 Å². The first-order chi connectivity index (χ1) is 11.7. The summed E-state index contributed by atoms with van der Waals surface area (Å²) in [5.74, 6) is -0.993. The molecule has 0 saturated heterocycles. The number of pyridine rings is 1. The summed E-state index contributed by atoms with van der Waals surface area (Å²) in [6.45, 7) is -0.151. The van der Waals surface area contributed by atoms with Crippen molar-refractivity contribution in [2.45, 2.75) is 17.7 Å². The number of phenolic OH excluding ortho intramolecular Hbond substituents is 1. The number of benzene rings is 1. The van der Waals surface area contributed by atoms with Crippen LogP contribution in [0.5, 0.6) is 5.75 Å². The molecule has 1 aromatic carbocycles. The zero-order valence-corrected chi connectivity index (χ0v) is 13.9. The molecule has 0 bridgehead atoms. The van der Waals surface area contributed by atoms with Crippen LogP contribution in [0.4, 0.5) is 0 Å². The summed E-state index contributed by atoms with van der Waals surface area (Å²) in [5, 5.41) is 27.7. The zero-order chi connectivity index (χ0) is 18.6. The average molecular weight is 368 g/mol. The number of nitrogens with zero attached hydrogens (tertiary/aromatic N) is 1. The molecule has 0 aliphatic heterocycles. The predicted molar refractivity (Wildman–Crippen MR) is 84.9 cm³/mol.